The van der Waals surface area contributed by atoms with Crippen LogP contribution in [-0.2, 0) is 33.9 Å². The summed E-state index contributed by atoms with van der Waals surface area (Å²) in [5.41, 5.74) is 2.55. The third-order valence-corrected chi connectivity index (χ3v) is 8.33. The van der Waals surface area contributed by atoms with Crippen molar-refractivity contribution < 1.29 is 33.3 Å². The van der Waals surface area contributed by atoms with Crippen molar-refractivity contribution in [3.05, 3.63) is 78.0 Å². The van der Waals surface area contributed by atoms with E-state index in [1.54, 1.807) is 41.1 Å². The second kappa shape index (κ2) is 13.8. The van der Waals surface area contributed by atoms with Crippen molar-refractivity contribution in [3.8, 4) is 23.0 Å². The van der Waals surface area contributed by atoms with Gasteiger partial charge in [-0.05, 0) is 42.3 Å². The number of likely N-dealkylation sites (tertiary alicyclic amines) is 1. The number of ether oxygens (including phenoxy) is 4. The van der Waals surface area contributed by atoms with Crippen LogP contribution in [0.1, 0.15) is 24.0 Å². The highest BCUT2D eigenvalue weighted by molar-refractivity contribution is 5.82. The molecule has 4 aromatic rings. The first-order valence-corrected chi connectivity index (χ1v) is 15.3. The average molecular weight is 628 g/mol. The molecule has 4 bridgehead atoms. The van der Waals surface area contributed by atoms with Crippen LogP contribution in [0.15, 0.2) is 66.9 Å². The fraction of sp³-hybridized carbons (Fsp3) is 0.353. The van der Waals surface area contributed by atoms with Gasteiger partial charge in [0.05, 0.1) is 32.0 Å². The summed E-state index contributed by atoms with van der Waals surface area (Å²) in [5.74, 6) is 1.41. The van der Waals surface area contributed by atoms with E-state index in [0.717, 1.165) is 22.0 Å². The van der Waals surface area contributed by atoms with Crippen molar-refractivity contribution in [2.75, 3.05) is 33.9 Å². The van der Waals surface area contributed by atoms with Crippen molar-refractivity contribution in [3.63, 3.8) is 0 Å². The highest BCUT2D eigenvalue weighted by atomic mass is 16.5. The van der Waals surface area contributed by atoms with E-state index in [2.05, 4.69) is 15.7 Å². The molecule has 0 saturated carbocycles. The second-order valence-corrected chi connectivity index (χ2v) is 11.3. The molecule has 240 valence electrons. The number of hydrogen-bond donors (Lipinski definition) is 2. The molecule has 0 radical (unpaired) electrons. The zero-order valence-corrected chi connectivity index (χ0v) is 25.9. The molecular weight excluding hydrogens is 590 g/mol. The van der Waals surface area contributed by atoms with E-state index in [0.29, 0.717) is 48.9 Å². The van der Waals surface area contributed by atoms with E-state index in [-0.39, 0.29) is 43.8 Å². The van der Waals surface area contributed by atoms with Crippen LogP contribution in [0.2, 0.25) is 0 Å². The minimum absolute atomic E-state index is 0.0775. The van der Waals surface area contributed by atoms with Crippen molar-refractivity contribution in [2.45, 2.75) is 44.5 Å². The van der Waals surface area contributed by atoms with Crippen molar-refractivity contribution in [1.82, 2.24) is 25.3 Å². The Bertz CT molecular complexity index is 1740. The number of piperidine rings is 1. The Morgan fingerprint density at radius 1 is 1.00 bits per heavy atom. The molecule has 3 aliphatic heterocycles. The van der Waals surface area contributed by atoms with Gasteiger partial charge < -0.3 is 34.5 Å². The number of benzene rings is 3. The predicted molar refractivity (Wildman–Crippen MR) is 169 cm³/mol. The van der Waals surface area contributed by atoms with Gasteiger partial charge in [-0.15, -0.1) is 0 Å². The zero-order chi connectivity index (χ0) is 32.0. The standard InChI is InChI=1S/C34H37N5O7/c1-43-29-11-7-22-8-12-32(40)35-17-24-9-10-25(16-30(24)44-2)46-28-13-14-38(19-26(28)37-33(41)21-45-31(29)15-22)34(42)20-39-27-6-4-3-5-23(27)18-36-39/h3-7,9-11,15-16,18,26,28H,8,12-14,17,19-21H2,1-2H3,(H,35,40)(H,37,41)/t26-,28+/m1/s1. The predicted octanol–water partition coefficient (Wildman–Crippen LogP) is 2.86. The van der Waals surface area contributed by atoms with Gasteiger partial charge in [0.15, 0.2) is 18.1 Å². The van der Waals surface area contributed by atoms with Gasteiger partial charge in [-0.2, -0.15) is 5.10 Å². The van der Waals surface area contributed by atoms with E-state index >= 15 is 0 Å². The Hall–Kier alpha value is -5.26. The second-order valence-electron chi connectivity index (χ2n) is 11.3. The summed E-state index contributed by atoms with van der Waals surface area (Å²) in [6.07, 6.45) is 2.53. The van der Waals surface area contributed by atoms with Gasteiger partial charge in [0, 0.05) is 49.5 Å². The van der Waals surface area contributed by atoms with Gasteiger partial charge >= 0.3 is 0 Å². The Balaban J connectivity index is 1.24. The van der Waals surface area contributed by atoms with E-state index in [1.807, 2.05) is 42.5 Å². The Morgan fingerprint density at radius 3 is 2.70 bits per heavy atom. The van der Waals surface area contributed by atoms with Crippen LogP contribution in [0.5, 0.6) is 23.0 Å². The number of methoxy groups -OCH3 is 2. The quantitative estimate of drug-likeness (QED) is 0.353. The first-order valence-electron chi connectivity index (χ1n) is 15.3. The van der Waals surface area contributed by atoms with Gasteiger partial charge in [-0.25, -0.2) is 0 Å². The number of nitrogens with one attached hydrogen (secondary N) is 2. The summed E-state index contributed by atoms with van der Waals surface area (Å²) in [6.45, 7) is 0.780. The number of para-hydroxylation sites is 1. The molecule has 2 N–H and O–H groups in total. The van der Waals surface area contributed by atoms with E-state index in [1.165, 1.54) is 7.11 Å². The molecule has 3 aliphatic rings. The summed E-state index contributed by atoms with van der Waals surface area (Å²) in [4.78, 5) is 41.2. The first-order chi connectivity index (χ1) is 22.4. The smallest absolute Gasteiger partial charge is 0.258 e. The molecule has 7 rings (SSSR count). The molecule has 2 atom stereocenters. The third-order valence-electron chi connectivity index (χ3n) is 8.33. The summed E-state index contributed by atoms with van der Waals surface area (Å²) in [6, 6.07) is 18.1. The normalized spacial score (nSPS) is 19.0. The Morgan fingerprint density at radius 2 is 1.85 bits per heavy atom. The topological polar surface area (TPSA) is 133 Å². The van der Waals surface area contributed by atoms with Crippen LogP contribution >= 0.6 is 0 Å². The lowest BCUT2D eigenvalue weighted by Gasteiger charge is -2.39. The lowest BCUT2D eigenvalue weighted by molar-refractivity contribution is -0.136. The van der Waals surface area contributed by atoms with E-state index in [9.17, 15) is 14.4 Å². The molecule has 46 heavy (non-hydrogen) atoms. The maximum atomic E-state index is 13.5. The number of nitrogens with zero attached hydrogens (tertiary/aromatic N) is 3. The number of carbonyl (C=O) groups excluding carboxylic acids is 3. The van der Waals surface area contributed by atoms with Crippen LogP contribution < -0.4 is 29.6 Å². The fourth-order valence-corrected chi connectivity index (χ4v) is 5.86. The van der Waals surface area contributed by atoms with Crippen LogP contribution in [0, 0.1) is 0 Å². The molecular formula is C34H37N5O7. The number of aryl methyl sites for hydroxylation is 1. The summed E-state index contributed by atoms with van der Waals surface area (Å²) >= 11 is 0. The van der Waals surface area contributed by atoms with Crippen LogP contribution in [-0.4, -0.2) is 78.5 Å². The number of fused-ring (bicyclic) bond motifs is 10. The van der Waals surface area contributed by atoms with Gasteiger partial charge in [0.2, 0.25) is 11.8 Å². The number of amides is 3. The maximum absolute atomic E-state index is 13.5. The van der Waals surface area contributed by atoms with Crippen LogP contribution in [0.25, 0.3) is 10.9 Å². The molecule has 1 aromatic heterocycles. The molecule has 3 aromatic carbocycles. The lowest BCUT2D eigenvalue weighted by atomic mass is 10.0. The van der Waals surface area contributed by atoms with Crippen LogP contribution in [0.4, 0.5) is 0 Å². The zero-order valence-electron chi connectivity index (χ0n) is 25.9. The maximum Gasteiger partial charge on any atom is 0.258 e. The number of carbonyl (C=O) groups is 3. The first kappa shape index (κ1) is 30.8. The minimum Gasteiger partial charge on any atom is -0.496 e. The molecule has 3 amide bonds. The summed E-state index contributed by atoms with van der Waals surface area (Å²) < 4.78 is 25.1. The molecule has 0 spiro atoms. The largest absolute Gasteiger partial charge is 0.496 e. The van der Waals surface area contributed by atoms with Gasteiger partial charge in [-0.1, -0.05) is 24.3 Å². The van der Waals surface area contributed by atoms with Crippen molar-refractivity contribution in [2.24, 2.45) is 0 Å². The molecule has 12 nitrogen and oxygen atoms in total. The summed E-state index contributed by atoms with van der Waals surface area (Å²) in [5, 5.41) is 11.4. The van der Waals surface area contributed by atoms with E-state index in [4.69, 9.17) is 18.9 Å². The average Bonchev–Trinajstić information content (AvgIpc) is 3.48. The third kappa shape index (κ3) is 7.01. The minimum atomic E-state index is -0.525. The van der Waals surface area contributed by atoms with Gasteiger partial charge in [0.25, 0.3) is 5.91 Å². The monoisotopic (exact) mass is 627 g/mol. The Kier molecular flexibility index (Phi) is 9.23. The Labute approximate surface area is 266 Å². The molecule has 4 heterocycles. The van der Waals surface area contributed by atoms with Crippen molar-refractivity contribution >= 4 is 28.6 Å². The number of rotatable bonds is 4. The number of aromatic nitrogens is 2. The SMILES string of the molecule is COc1cc2ccc1CNC(=O)CCc1ccc(OC)c(c1)OCC(=O)N[C@@H]1CN(C(=O)Cn3ncc4ccccc43)CC[C@@H]1O2. The molecule has 0 unspecified atom stereocenters. The molecule has 1 fully saturated rings. The molecule has 12 heteroatoms. The number of hydrogen-bond acceptors (Lipinski definition) is 8. The lowest BCUT2D eigenvalue weighted by Crippen LogP contribution is -2.59. The molecule has 0 aliphatic carbocycles. The highest BCUT2D eigenvalue weighted by Crippen LogP contribution is 2.30. The van der Waals surface area contributed by atoms with Crippen LogP contribution in [0.3, 0.4) is 0 Å². The summed E-state index contributed by atoms with van der Waals surface area (Å²) in [7, 11) is 3.09. The van der Waals surface area contributed by atoms with E-state index < -0.39 is 12.1 Å². The van der Waals surface area contributed by atoms with Gasteiger partial charge in [0.1, 0.15) is 24.1 Å². The highest BCUT2D eigenvalue weighted by Gasteiger charge is 2.34. The molecule has 1 saturated heterocycles. The van der Waals surface area contributed by atoms with Crippen molar-refractivity contribution in [1.29, 1.82) is 0 Å². The van der Waals surface area contributed by atoms with Gasteiger partial charge in [-0.3, -0.25) is 19.1 Å². The fourth-order valence-electron chi connectivity index (χ4n) is 5.86.